The molecule has 0 saturated heterocycles. The first-order valence-electron chi connectivity index (χ1n) is 6.86. The highest BCUT2D eigenvalue weighted by molar-refractivity contribution is 5.63. The Labute approximate surface area is 112 Å². The van der Waals surface area contributed by atoms with Gasteiger partial charge in [-0.25, -0.2) is 4.98 Å². The van der Waals surface area contributed by atoms with Crippen LogP contribution in [0.5, 0.6) is 5.75 Å². The lowest BCUT2D eigenvalue weighted by atomic mass is 10.1. The molecule has 4 heteroatoms. The van der Waals surface area contributed by atoms with Crippen molar-refractivity contribution in [2.45, 2.75) is 32.5 Å². The van der Waals surface area contributed by atoms with Crippen LogP contribution in [0.15, 0.2) is 24.4 Å². The Morgan fingerprint density at radius 2 is 2.37 bits per heavy atom. The molecule has 0 saturated carbocycles. The molecule has 0 spiro atoms. The molecule has 4 nitrogen and oxygen atoms in total. The maximum Gasteiger partial charge on any atom is 0.123 e. The van der Waals surface area contributed by atoms with Crippen LogP contribution in [0.3, 0.4) is 0 Å². The summed E-state index contributed by atoms with van der Waals surface area (Å²) < 4.78 is 8.08. The van der Waals surface area contributed by atoms with E-state index in [1.807, 2.05) is 6.20 Å². The number of fused-ring (bicyclic) bond motifs is 2. The van der Waals surface area contributed by atoms with Crippen molar-refractivity contribution in [2.24, 2.45) is 0 Å². The van der Waals surface area contributed by atoms with Gasteiger partial charge in [-0.1, -0.05) is 0 Å². The third kappa shape index (κ3) is 1.75. The fourth-order valence-corrected chi connectivity index (χ4v) is 3.01. The molecule has 0 aliphatic carbocycles. The van der Waals surface area contributed by atoms with Gasteiger partial charge in [0, 0.05) is 25.1 Å². The van der Waals surface area contributed by atoms with Crippen LogP contribution in [0.4, 0.5) is 0 Å². The van der Waals surface area contributed by atoms with Gasteiger partial charge in [-0.05, 0) is 30.7 Å². The van der Waals surface area contributed by atoms with Crippen LogP contribution in [-0.4, -0.2) is 22.2 Å². The van der Waals surface area contributed by atoms with E-state index in [2.05, 4.69) is 40.0 Å². The quantitative estimate of drug-likeness (QED) is 0.847. The molecule has 2 aromatic rings. The first kappa shape index (κ1) is 11.1. The van der Waals surface area contributed by atoms with Gasteiger partial charge in [-0.2, -0.15) is 0 Å². The molecule has 0 bridgehead atoms. The number of imidazole rings is 1. The van der Waals surface area contributed by atoms with E-state index in [0.29, 0.717) is 6.10 Å². The van der Waals surface area contributed by atoms with Crippen LogP contribution in [-0.2, 0) is 19.5 Å². The maximum absolute atomic E-state index is 5.76. The zero-order chi connectivity index (χ0) is 12.8. The number of hydrogen-bond acceptors (Lipinski definition) is 3. The number of aromatic nitrogens is 2. The Kier molecular flexibility index (Phi) is 2.38. The molecule has 98 valence electrons. The van der Waals surface area contributed by atoms with Crippen LogP contribution in [0.1, 0.15) is 18.3 Å². The van der Waals surface area contributed by atoms with Crippen LogP contribution in [0.25, 0.3) is 11.3 Å². The van der Waals surface area contributed by atoms with Gasteiger partial charge >= 0.3 is 0 Å². The van der Waals surface area contributed by atoms with Crippen LogP contribution >= 0.6 is 0 Å². The van der Waals surface area contributed by atoms with E-state index in [0.717, 1.165) is 37.6 Å². The van der Waals surface area contributed by atoms with Crippen molar-refractivity contribution in [3.63, 3.8) is 0 Å². The molecule has 1 aromatic heterocycles. The van der Waals surface area contributed by atoms with Crippen molar-refractivity contribution in [3.05, 3.63) is 35.8 Å². The van der Waals surface area contributed by atoms with E-state index < -0.39 is 0 Å². The Balaban J connectivity index is 1.77. The summed E-state index contributed by atoms with van der Waals surface area (Å²) in [5, 5.41) is 3.35. The summed E-state index contributed by atoms with van der Waals surface area (Å²) in [5.74, 6) is 2.17. The lowest BCUT2D eigenvalue weighted by molar-refractivity contribution is 0.254. The summed E-state index contributed by atoms with van der Waals surface area (Å²) >= 11 is 0. The minimum atomic E-state index is 0.300. The molecule has 0 radical (unpaired) electrons. The van der Waals surface area contributed by atoms with Gasteiger partial charge < -0.3 is 14.6 Å². The lowest BCUT2D eigenvalue weighted by Gasteiger charge is -2.17. The number of nitrogens with zero attached hydrogens (tertiary/aromatic N) is 2. The standard InChI is InChI=1S/C15H17N3O/c1-10-6-12-7-11(2-3-14(12)19-10)13-8-17-15-9-16-4-5-18(13)15/h2-3,7-8,10,16H,4-6,9H2,1H3. The molecular weight excluding hydrogens is 238 g/mol. The molecule has 1 aromatic carbocycles. The Bertz CT molecular complexity index is 632. The second-order valence-electron chi connectivity index (χ2n) is 5.34. The molecule has 3 heterocycles. The molecule has 1 atom stereocenters. The number of hydrogen-bond donors (Lipinski definition) is 1. The smallest absolute Gasteiger partial charge is 0.123 e. The summed E-state index contributed by atoms with van der Waals surface area (Å²) in [6.45, 7) is 4.99. The van der Waals surface area contributed by atoms with Gasteiger partial charge in [0.1, 0.15) is 17.7 Å². The van der Waals surface area contributed by atoms with E-state index in [9.17, 15) is 0 Å². The molecular formula is C15H17N3O. The summed E-state index contributed by atoms with van der Waals surface area (Å²) in [4.78, 5) is 4.51. The number of ether oxygens (including phenoxy) is 1. The zero-order valence-corrected chi connectivity index (χ0v) is 11.0. The Morgan fingerprint density at radius 1 is 1.42 bits per heavy atom. The SMILES string of the molecule is CC1Cc2cc(-c3cnc4n3CCNC4)ccc2O1. The molecule has 1 unspecified atom stereocenters. The predicted octanol–water partition coefficient (Wildman–Crippen LogP) is 1.98. The largest absolute Gasteiger partial charge is 0.490 e. The van der Waals surface area contributed by atoms with Crippen molar-refractivity contribution in [1.82, 2.24) is 14.9 Å². The molecule has 19 heavy (non-hydrogen) atoms. The van der Waals surface area contributed by atoms with Crippen LogP contribution in [0, 0.1) is 0 Å². The molecule has 0 fully saturated rings. The summed E-state index contributed by atoms with van der Waals surface area (Å²) in [6, 6.07) is 6.49. The van der Waals surface area contributed by atoms with Gasteiger partial charge in [0.05, 0.1) is 18.4 Å². The minimum absolute atomic E-state index is 0.300. The van der Waals surface area contributed by atoms with Crippen LogP contribution in [0.2, 0.25) is 0 Å². The summed E-state index contributed by atoms with van der Waals surface area (Å²) in [5.41, 5.74) is 3.78. The summed E-state index contributed by atoms with van der Waals surface area (Å²) in [6.07, 6.45) is 3.29. The Morgan fingerprint density at radius 3 is 3.32 bits per heavy atom. The number of benzene rings is 1. The molecule has 0 amide bonds. The van der Waals surface area contributed by atoms with Crippen molar-refractivity contribution >= 4 is 0 Å². The fourth-order valence-electron chi connectivity index (χ4n) is 3.01. The van der Waals surface area contributed by atoms with Crippen molar-refractivity contribution < 1.29 is 4.74 Å². The van der Waals surface area contributed by atoms with E-state index >= 15 is 0 Å². The lowest BCUT2D eigenvalue weighted by Crippen LogP contribution is -2.28. The first-order valence-corrected chi connectivity index (χ1v) is 6.86. The van der Waals surface area contributed by atoms with Crippen molar-refractivity contribution in [3.8, 4) is 17.0 Å². The zero-order valence-electron chi connectivity index (χ0n) is 11.0. The average Bonchev–Trinajstić information content (AvgIpc) is 2.99. The normalized spacial score (nSPS) is 20.8. The van der Waals surface area contributed by atoms with Crippen molar-refractivity contribution in [2.75, 3.05) is 6.54 Å². The van der Waals surface area contributed by atoms with Gasteiger partial charge in [0.25, 0.3) is 0 Å². The molecule has 4 rings (SSSR count). The monoisotopic (exact) mass is 255 g/mol. The molecule has 1 N–H and O–H groups in total. The number of rotatable bonds is 1. The highest BCUT2D eigenvalue weighted by atomic mass is 16.5. The Hall–Kier alpha value is -1.81. The predicted molar refractivity (Wildman–Crippen MR) is 73.2 cm³/mol. The van der Waals surface area contributed by atoms with Gasteiger partial charge in [0.2, 0.25) is 0 Å². The van der Waals surface area contributed by atoms with E-state index in [-0.39, 0.29) is 0 Å². The minimum Gasteiger partial charge on any atom is -0.490 e. The van der Waals surface area contributed by atoms with Gasteiger partial charge in [0.15, 0.2) is 0 Å². The van der Waals surface area contributed by atoms with Crippen LogP contribution < -0.4 is 10.1 Å². The van der Waals surface area contributed by atoms with E-state index in [1.165, 1.54) is 16.8 Å². The first-order chi connectivity index (χ1) is 9.31. The topological polar surface area (TPSA) is 39.1 Å². The third-order valence-corrected chi connectivity index (χ3v) is 3.93. The van der Waals surface area contributed by atoms with E-state index in [4.69, 9.17) is 4.74 Å². The maximum atomic E-state index is 5.76. The number of nitrogens with one attached hydrogen (secondary N) is 1. The van der Waals surface area contributed by atoms with Crippen molar-refractivity contribution in [1.29, 1.82) is 0 Å². The van der Waals surface area contributed by atoms with Gasteiger partial charge in [-0.3, -0.25) is 0 Å². The second kappa shape index (κ2) is 4.10. The third-order valence-electron chi connectivity index (χ3n) is 3.93. The average molecular weight is 255 g/mol. The molecule has 2 aliphatic rings. The van der Waals surface area contributed by atoms with E-state index in [1.54, 1.807) is 0 Å². The highest BCUT2D eigenvalue weighted by Gasteiger charge is 2.21. The second-order valence-corrected chi connectivity index (χ2v) is 5.34. The summed E-state index contributed by atoms with van der Waals surface area (Å²) in [7, 11) is 0. The van der Waals surface area contributed by atoms with Gasteiger partial charge in [-0.15, -0.1) is 0 Å². The fraction of sp³-hybridized carbons (Fsp3) is 0.400. The highest BCUT2D eigenvalue weighted by Crippen LogP contribution is 2.33. The molecule has 2 aliphatic heterocycles.